The summed E-state index contributed by atoms with van der Waals surface area (Å²) in [7, 11) is 0. The minimum absolute atomic E-state index is 0.130. The van der Waals surface area contributed by atoms with Crippen LogP contribution in [0.5, 0.6) is 17.2 Å². The zero-order valence-electron chi connectivity index (χ0n) is 35.3. The fourth-order valence-electron chi connectivity index (χ4n) is 7.88. The molecule has 0 amide bonds. The number of nitrogens with zero attached hydrogens (tertiary/aromatic N) is 1. The van der Waals surface area contributed by atoms with E-state index < -0.39 is 0 Å². The highest BCUT2D eigenvalue weighted by molar-refractivity contribution is 5.33. The molecule has 0 N–H and O–H groups in total. The molecule has 1 aliphatic heterocycles. The smallest absolute Gasteiger partial charge is 0.123 e. The van der Waals surface area contributed by atoms with Crippen LogP contribution < -0.4 is 14.2 Å². The van der Waals surface area contributed by atoms with E-state index in [-0.39, 0.29) is 16.6 Å². The Balaban J connectivity index is 1.03. The summed E-state index contributed by atoms with van der Waals surface area (Å²) in [6.07, 6.45) is 11.7. The lowest BCUT2D eigenvalue weighted by Crippen LogP contribution is -2.48. The van der Waals surface area contributed by atoms with Gasteiger partial charge in [-0.1, -0.05) is 65.7 Å². The minimum Gasteiger partial charge on any atom is -0.491 e. The van der Waals surface area contributed by atoms with Crippen LogP contribution in [0.4, 0.5) is 0 Å². The average molecular weight is 738 g/mol. The molecule has 2 atom stereocenters. The van der Waals surface area contributed by atoms with Gasteiger partial charge in [0, 0.05) is 24.7 Å². The molecule has 1 aliphatic carbocycles. The van der Waals surface area contributed by atoms with Crippen molar-refractivity contribution >= 4 is 0 Å². The summed E-state index contributed by atoms with van der Waals surface area (Å²) in [5, 5.41) is 0. The number of benzene rings is 2. The Bertz CT molecular complexity index is 1320. The fraction of sp³-hybridized carbons (Fsp3) is 0.739. The lowest BCUT2D eigenvalue weighted by molar-refractivity contribution is -0.0827. The second kappa shape index (κ2) is 20.0. The van der Waals surface area contributed by atoms with Crippen molar-refractivity contribution in [3.05, 3.63) is 54.1 Å². The van der Waals surface area contributed by atoms with Gasteiger partial charge in [-0.05, 0) is 126 Å². The van der Waals surface area contributed by atoms with Crippen molar-refractivity contribution in [2.45, 2.75) is 156 Å². The number of rotatable bonds is 20. The van der Waals surface area contributed by atoms with E-state index in [2.05, 4.69) is 86.3 Å². The Morgan fingerprint density at radius 1 is 0.623 bits per heavy atom. The normalized spacial score (nSPS) is 19.7. The van der Waals surface area contributed by atoms with Gasteiger partial charge < -0.3 is 28.4 Å². The maximum absolute atomic E-state index is 6.75. The minimum atomic E-state index is -0.168. The molecule has 2 unspecified atom stereocenters. The van der Waals surface area contributed by atoms with Crippen molar-refractivity contribution in [2.24, 2.45) is 11.3 Å². The van der Waals surface area contributed by atoms with Crippen molar-refractivity contribution < 1.29 is 28.4 Å². The highest BCUT2D eigenvalue weighted by atomic mass is 16.6. The molecule has 4 rings (SSSR count). The largest absolute Gasteiger partial charge is 0.491 e. The van der Waals surface area contributed by atoms with Crippen LogP contribution in [0.15, 0.2) is 48.5 Å². The highest BCUT2D eigenvalue weighted by Gasteiger charge is 2.36. The molecular formula is C46H75NO6. The zero-order valence-corrected chi connectivity index (χ0v) is 35.3. The molecule has 0 aromatic heterocycles. The predicted octanol–water partition coefficient (Wildman–Crippen LogP) is 10.7. The molecular weight excluding hydrogens is 663 g/mol. The number of hydrogen-bond acceptors (Lipinski definition) is 7. The molecule has 0 radical (unpaired) electrons. The first-order valence-corrected chi connectivity index (χ1v) is 20.7. The first-order valence-electron chi connectivity index (χ1n) is 20.7. The van der Waals surface area contributed by atoms with E-state index in [1.807, 2.05) is 36.4 Å². The van der Waals surface area contributed by atoms with Gasteiger partial charge in [0.1, 0.15) is 37.1 Å². The summed E-state index contributed by atoms with van der Waals surface area (Å²) in [5.74, 6) is 3.10. The second-order valence-electron chi connectivity index (χ2n) is 18.8. The van der Waals surface area contributed by atoms with Crippen molar-refractivity contribution in [1.29, 1.82) is 0 Å². The lowest BCUT2D eigenvalue weighted by atomic mass is 9.68. The third kappa shape index (κ3) is 15.4. The molecule has 53 heavy (non-hydrogen) atoms. The van der Waals surface area contributed by atoms with Crippen LogP contribution in [0, 0.1) is 11.3 Å². The topological polar surface area (TPSA) is 58.6 Å². The maximum Gasteiger partial charge on any atom is 0.123 e. The van der Waals surface area contributed by atoms with Crippen LogP contribution in [0.3, 0.4) is 0 Å². The first kappa shape index (κ1) is 43.4. The van der Waals surface area contributed by atoms with E-state index >= 15 is 0 Å². The summed E-state index contributed by atoms with van der Waals surface area (Å²) < 4.78 is 36.5. The molecule has 2 aromatic carbocycles. The van der Waals surface area contributed by atoms with Crippen molar-refractivity contribution in [3.8, 4) is 17.2 Å². The number of hydrogen-bond donors (Lipinski definition) is 0. The third-order valence-corrected chi connectivity index (χ3v) is 11.5. The van der Waals surface area contributed by atoms with Crippen LogP contribution in [-0.2, 0) is 19.6 Å². The summed E-state index contributed by atoms with van der Waals surface area (Å²) in [6, 6.07) is 16.0. The Labute approximate surface area is 323 Å². The molecule has 7 heteroatoms. The van der Waals surface area contributed by atoms with Crippen LogP contribution in [-0.4, -0.2) is 81.0 Å². The molecule has 0 bridgehead atoms. The van der Waals surface area contributed by atoms with E-state index in [4.69, 9.17) is 28.4 Å². The number of ether oxygens (including phenoxy) is 6. The molecule has 300 valence electrons. The Morgan fingerprint density at radius 3 is 1.85 bits per heavy atom. The summed E-state index contributed by atoms with van der Waals surface area (Å²) in [6.45, 7) is 28.4. The van der Waals surface area contributed by atoms with Crippen LogP contribution in [0.2, 0.25) is 0 Å². The van der Waals surface area contributed by atoms with E-state index in [0.29, 0.717) is 57.3 Å². The molecule has 1 saturated heterocycles. The van der Waals surface area contributed by atoms with E-state index in [1.54, 1.807) is 0 Å². The van der Waals surface area contributed by atoms with Crippen molar-refractivity contribution in [1.82, 2.24) is 4.90 Å². The van der Waals surface area contributed by atoms with Gasteiger partial charge in [0.2, 0.25) is 0 Å². The fourth-order valence-corrected chi connectivity index (χ4v) is 7.88. The number of piperidine rings is 1. The van der Waals surface area contributed by atoms with E-state index in [1.165, 1.54) is 56.9 Å². The Morgan fingerprint density at radius 2 is 1.23 bits per heavy atom. The third-order valence-electron chi connectivity index (χ3n) is 11.5. The molecule has 2 aromatic rings. The maximum atomic E-state index is 6.75. The quantitative estimate of drug-likeness (QED) is 0.125. The molecule has 1 saturated carbocycles. The monoisotopic (exact) mass is 738 g/mol. The van der Waals surface area contributed by atoms with Crippen molar-refractivity contribution in [2.75, 3.05) is 52.7 Å². The summed E-state index contributed by atoms with van der Waals surface area (Å²) in [4.78, 5) is 2.61. The van der Waals surface area contributed by atoms with Crippen LogP contribution >= 0.6 is 0 Å². The van der Waals surface area contributed by atoms with Crippen LogP contribution in [0.1, 0.15) is 133 Å². The second-order valence-corrected chi connectivity index (χ2v) is 18.8. The van der Waals surface area contributed by atoms with E-state index in [0.717, 1.165) is 42.7 Å². The van der Waals surface area contributed by atoms with Crippen molar-refractivity contribution in [3.63, 3.8) is 0 Å². The highest BCUT2D eigenvalue weighted by Crippen LogP contribution is 2.43. The van der Waals surface area contributed by atoms with Gasteiger partial charge in [-0.15, -0.1) is 0 Å². The van der Waals surface area contributed by atoms with Gasteiger partial charge in [-0.3, -0.25) is 4.90 Å². The predicted molar refractivity (Wildman–Crippen MR) is 218 cm³/mol. The zero-order chi connectivity index (χ0) is 38.5. The van der Waals surface area contributed by atoms with Crippen LogP contribution in [0.25, 0.3) is 0 Å². The Hall–Kier alpha value is -2.32. The van der Waals surface area contributed by atoms with Gasteiger partial charge in [-0.25, -0.2) is 0 Å². The van der Waals surface area contributed by atoms with Gasteiger partial charge in [0.15, 0.2) is 0 Å². The van der Waals surface area contributed by atoms with Gasteiger partial charge in [0.05, 0.1) is 37.6 Å². The number of likely N-dealkylation sites (tertiary alicyclic amines) is 1. The van der Waals surface area contributed by atoms with Gasteiger partial charge >= 0.3 is 0 Å². The molecule has 2 fully saturated rings. The van der Waals surface area contributed by atoms with Gasteiger partial charge in [0.25, 0.3) is 0 Å². The SMILES string of the molecule is CC(C)(CCCC(C)(C)C1CCCC(OC2CCN(C(C)(C)C)CC2)C1)OCCOCCOc1cccc(OCCOc2ccc(C(C)(C)C)cc2)c1. The Kier molecular flexibility index (Phi) is 16.4. The molecule has 2 aliphatic rings. The summed E-state index contributed by atoms with van der Waals surface area (Å²) >= 11 is 0. The molecule has 1 heterocycles. The standard InChI is InChI=1S/C46H75NO6/c1-43(2,3)36-18-20-38(21-19-36)49-31-32-51-41-16-12-15-40(35-41)50-30-28-48-29-33-52-46(9,10)25-13-24-45(7,8)37-14-11-17-42(34-37)53-39-22-26-47(27-23-39)44(4,5)6/h12,15-16,18-21,35,37,39,42H,11,13-14,17,22-34H2,1-10H3. The first-order chi connectivity index (χ1) is 25.0. The molecule has 7 nitrogen and oxygen atoms in total. The summed E-state index contributed by atoms with van der Waals surface area (Å²) in [5.41, 5.74) is 1.83. The van der Waals surface area contributed by atoms with Gasteiger partial charge in [-0.2, -0.15) is 0 Å². The van der Waals surface area contributed by atoms with E-state index in [9.17, 15) is 0 Å². The lowest BCUT2D eigenvalue weighted by Gasteiger charge is -2.44. The average Bonchev–Trinajstić information content (AvgIpc) is 3.09. The molecule has 0 spiro atoms.